The highest BCUT2D eigenvalue weighted by Gasteiger charge is 2.19. The molecule has 0 aliphatic heterocycles. The van der Waals surface area contributed by atoms with E-state index < -0.39 is 0 Å². The highest BCUT2D eigenvalue weighted by atomic mass is 16.2. The predicted molar refractivity (Wildman–Crippen MR) is 159 cm³/mol. The third-order valence-electron chi connectivity index (χ3n) is 6.87. The summed E-state index contributed by atoms with van der Waals surface area (Å²) in [6.07, 6.45) is 6.16. The minimum absolute atomic E-state index is 0.0238. The molecule has 0 aliphatic carbocycles. The summed E-state index contributed by atoms with van der Waals surface area (Å²) in [5, 5.41) is 10.5. The molecule has 0 saturated heterocycles. The van der Waals surface area contributed by atoms with Crippen LogP contribution in [0.5, 0.6) is 0 Å². The number of hydrogen-bond acceptors (Lipinski definition) is 4. The Bertz CT molecular complexity index is 1290. The van der Waals surface area contributed by atoms with Crippen LogP contribution >= 0.6 is 0 Å². The first kappa shape index (κ1) is 27.3. The first-order valence-electron chi connectivity index (χ1n) is 13.7. The Labute approximate surface area is 224 Å². The van der Waals surface area contributed by atoms with Gasteiger partial charge in [0, 0.05) is 35.3 Å². The van der Waals surface area contributed by atoms with E-state index in [2.05, 4.69) is 34.9 Å². The van der Waals surface area contributed by atoms with Crippen LogP contribution in [0.25, 0.3) is 32.7 Å². The lowest BCUT2D eigenvalue weighted by molar-refractivity contribution is -0.117. The van der Waals surface area contributed by atoms with Gasteiger partial charge in [-0.05, 0) is 72.5 Å². The lowest BCUT2D eigenvalue weighted by Crippen LogP contribution is -2.14. The number of carbonyl (C=O) groups excluding carboxylic acids is 2. The normalized spacial score (nSPS) is 11.1. The van der Waals surface area contributed by atoms with Crippen LogP contribution in [0.4, 0.5) is 11.4 Å². The molecule has 198 valence electrons. The van der Waals surface area contributed by atoms with Gasteiger partial charge in [-0.2, -0.15) is 0 Å². The number of hydrogen-bond donors (Lipinski definition) is 4. The lowest BCUT2D eigenvalue weighted by atomic mass is 9.90. The average Bonchev–Trinajstić information content (AvgIpc) is 2.94. The van der Waals surface area contributed by atoms with Gasteiger partial charge in [-0.3, -0.25) is 9.59 Å². The van der Waals surface area contributed by atoms with Crippen LogP contribution in [0, 0.1) is 0 Å². The Hall–Kier alpha value is -3.74. The molecule has 0 aliphatic rings. The molecule has 6 heteroatoms. The van der Waals surface area contributed by atoms with Crippen LogP contribution in [0.3, 0.4) is 0 Å². The molecule has 38 heavy (non-hydrogen) atoms. The molecule has 0 fully saturated rings. The third-order valence-corrected chi connectivity index (χ3v) is 6.87. The highest BCUT2D eigenvalue weighted by Crippen LogP contribution is 2.43. The van der Waals surface area contributed by atoms with Crippen molar-refractivity contribution in [3.8, 4) is 11.1 Å². The summed E-state index contributed by atoms with van der Waals surface area (Å²) in [6, 6.07) is 24.3. The van der Waals surface area contributed by atoms with E-state index in [1.807, 2.05) is 48.5 Å². The molecule has 2 amide bonds. The van der Waals surface area contributed by atoms with Crippen LogP contribution in [0.1, 0.15) is 51.4 Å². The first-order chi connectivity index (χ1) is 18.6. The molecule has 6 N–H and O–H groups in total. The van der Waals surface area contributed by atoms with Crippen molar-refractivity contribution in [3.63, 3.8) is 0 Å². The van der Waals surface area contributed by atoms with E-state index in [4.69, 9.17) is 11.5 Å². The second-order valence-electron chi connectivity index (χ2n) is 9.71. The molecule has 4 rings (SSSR count). The molecule has 0 saturated carbocycles. The van der Waals surface area contributed by atoms with Crippen molar-refractivity contribution in [2.75, 3.05) is 23.7 Å². The van der Waals surface area contributed by atoms with Gasteiger partial charge in [-0.15, -0.1) is 0 Å². The molecule has 4 aromatic carbocycles. The van der Waals surface area contributed by atoms with Crippen molar-refractivity contribution in [1.29, 1.82) is 0 Å². The Morgan fingerprint density at radius 1 is 0.526 bits per heavy atom. The molecule has 0 bridgehead atoms. The summed E-state index contributed by atoms with van der Waals surface area (Å²) in [7, 11) is 0. The number of rotatable bonds is 13. The Kier molecular flexibility index (Phi) is 9.84. The number of benzene rings is 4. The van der Waals surface area contributed by atoms with E-state index in [1.54, 1.807) is 0 Å². The van der Waals surface area contributed by atoms with Gasteiger partial charge >= 0.3 is 0 Å². The van der Waals surface area contributed by atoms with E-state index in [9.17, 15) is 9.59 Å². The molecule has 0 aromatic heterocycles. The van der Waals surface area contributed by atoms with E-state index in [1.165, 1.54) is 0 Å². The standard InChI is InChI=1S/C32H38N4O2/c33-21-9-1-3-15-29(37)35-27-19-17-23-11-5-7-13-25(23)31(27)32-26-14-8-6-12-24(26)18-20-28(32)36-30(38)16-4-2-10-22-34/h5-8,11-14,17-20H,1-4,9-10,15-16,21-22,33-34H2,(H,35,37)(H,36,38). The number of amides is 2. The SMILES string of the molecule is NCCCCCC(=O)Nc1ccc2ccccc2c1-c1c(NC(=O)CCCCCN)ccc2ccccc12. The van der Waals surface area contributed by atoms with Crippen molar-refractivity contribution in [2.45, 2.75) is 51.4 Å². The van der Waals surface area contributed by atoms with E-state index >= 15 is 0 Å². The van der Waals surface area contributed by atoms with Gasteiger partial charge in [-0.1, -0.05) is 73.5 Å². The first-order valence-corrected chi connectivity index (χ1v) is 13.7. The van der Waals surface area contributed by atoms with E-state index in [-0.39, 0.29) is 11.8 Å². The molecule has 4 aromatic rings. The largest absolute Gasteiger partial charge is 0.330 e. The van der Waals surface area contributed by atoms with Crippen molar-refractivity contribution >= 4 is 44.7 Å². The van der Waals surface area contributed by atoms with Gasteiger partial charge in [0.15, 0.2) is 0 Å². The predicted octanol–water partition coefficient (Wildman–Crippen LogP) is 6.58. The van der Waals surface area contributed by atoms with Crippen LogP contribution in [0.15, 0.2) is 72.8 Å². The minimum atomic E-state index is -0.0238. The van der Waals surface area contributed by atoms with Gasteiger partial charge in [-0.25, -0.2) is 0 Å². The van der Waals surface area contributed by atoms with E-state index in [0.717, 1.165) is 82.6 Å². The van der Waals surface area contributed by atoms with Crippen LogP contribution < -0.4 is 22.1 Å². The Morgan fingerprint density at radius 3 is 1.37 bits per heavy atom. The molecular weight excluding hydrogens is 472 g/mol. The lowest BCUT2D eigenvalue weighted by Gasteiger charge is -2.20. The second kappa shape index (κ2) is 13.7. The van der Waals surface area contributed by atoms with Gasteiger partial charge in [0.25, 0.3) is 0 Å². The Morgan fingerprint density at radius 2 is 0.947 bits per heavy atom. The monoisotopic (exact) mass is 510 g/mol. The minimum Gasteiger partial charge on any atom is -0.330 e. The molecule has 0 heterocycles. The maximum absolute atomic E-state index is 13.0. The fourth-order valence-corrected chi connectivity index (χ4v) is 4.93. The topological polar surface area (TPSA) is 110 Å². The van der Waals surface area contributed by atoms with Gasteiger partial charge in [0.05, 0.1) is 0 Å². The zero-order chi connectivity index (χ0) is 26.7. The van der Waals surface area contributed by atoms with Crippen LogP contribution in [-0.4, -0.2) is 24.9 Å². The second-order valence-corrected chi connectivity index (χ2v) is 9.71. The summed E-state index contributed by atoms with van der Waals surface area (Å²) in [5.74, 6) is -0.0476. The quantitative estimate of drug-likeness (QED) is 0.152. The maximum Gasteiger partial charge on any atom is 0.224 e. The number of nitrogens with two attached hydrogens (primary N) is 2. The molecular formula is C32H38N4O2. The summed E-state index contributed by atoms with van der Waals surface area (Å²) in [5.41, 5.74) is 14.5. The molecule has 0 radical (unpaired) electrons. The number of fused-ring (bicyclic) bond motifs is 2. The van der Waals surface area contributed by atoms with Crippen LogP contribution in [-0.2, 0) is 9.59 Å². The van der Waals surface area contributed by atoms with Gasteiger partial charge in [0.1, 0.15) is 0 Å². The number of unbranched alkanes of at least 4 members (excludes halogenated alkanes) is 4. The average molecular weight is 511 g/mol. The summed E-state index contributed by atoms with van der Waals surface area (Å²) in [6.45, 7) is 1.28. The van der Waals surface area contributed by atoms with Gasteiger partial charge < -0.3 is 22.1 Å². The van der Waals surface area contributed by atoms with Gasteiger partial charge in [0.2, 0.25) is 11.8 Å². The highest BCUT2D eigenvalue weighted by molar-refractivity contribution is 6.16. The van der Waals surface area contributed by atoms with Crippen molar-refractivity contribution in [3.05, 3.63) is 72.8 Å². The molecule has 6 nitrogen and oxygen atoms in total. The van der Waals surface area contributed by atoms with Crippen molar-refractivity contribution in [1.82, 2.24) is 0 Å². The Balaban J connectivity index is 1.79. The zero-order valence-electron chi connectivity index (χ0n) is 22.0. The zero-order valence-corrected chi connectivity index (χ0v) is 22.0. The van der Waals surface area contributed by atoms with Crippen molar-refractivity contribution in [2.24, 2.45) is 11.5 Å². The maximum atomic E-state index is 13.0. The van der Waals surface area contributed by atoms with Crippen molar-refractivity contribution < 1.29 is 9.59 Å². The number of nitrogens with one attached hydrogen (secondary N) is 2. The molecule has 0 unspecified atom stereocenters. The molecule has 0 spiro atoms. The fraction of sp³-hybridized carbons (Fsp3) is 0.312. The summed E-state index contributed by atoms with van der Waals surface area (Å²) in [4.78, 5) is 25.9. The molecule has 0 atom stereocenters. The number of carbonyl (C=O) groups is 2. The van der Waals surface area contributed by atoms with E-state index in [0.29, 0.717) is 25.9 Å². The smallest absolute Gasteiger partial charge is 0.224 e. The summed E-state index contributed by atoms with van der Waals surface area (Å²) < 4.78 is 0. The summed E-state index contributed by atoms with van der Waals surface area (Å²) >= 11 is 0. The number of anilines is 2. The van der Waals surface area contributed by atoms with Crippen LogP contribution in [0.2, 0.25) is 0 Å². The fourth-order valence-electron chi connectivity index (χ4n) is 4.93. The third kappa shape index (κ3) is 6.77.